The zero-order valence-electron chi connectivity index (χ0n) is 14.1. The van der Waals surface area contributed by atoms with Gasteiger partial charge in [0.1, 0.15) is 18.8 Å². The minimum Gasteiger partial charge on any atom is -0.462 e. The van der Waals surface area contributed by atoms with Crippen LogP contribution in [0.15, 0.2) is 35.3 Å². The first-order chi connectivity index (χ1) is 11.8. The number of rotatable bonds is 5. The van der Waals surface area contributed by atoms with Crippen LogP contribution in [-0.2, 0) is 14.4 Å². The molecule has 0 aliphatic carbocycles. The van der Waals surface area contributed by atoms with E-state index in [9.17, 15) is 4.79 Å². The topological polar surface area (TPSA) is 63.2 Å². The lowest BCUT2D eigenvalue weighted by Gasteiger charge is -2.33. The monoisotopic (exact) mass is 331 g/mol. The van der Waals surface area contributed by atoms with Crippen LogP contribution < -0.4 is 5.48 Å². The number of hydrogen-bond donors (Lipinski definition) is 1. The third-order valence-electron chi connectivity index (χ3n) is 4.53. The third-order valence-corrected chi connectivity index (χ3v) is 4.53. The number of amidine groups is 1. The minimum absolute atomic E-state index is 0.108. The van der Waals surface area contributed by atoms with E-state index in [1.165, 1.54) is 0 Å². The van der Waals surface area contributed by atoms with Crippen molar-refractivity contribution in [1.29, 1.82) is 0 Å². The molecule has 1 aromatic rings. The molecule has 24 heavy (non-hydrogen) atoms. The van der Waals surface area contributed by atoms with E-state index in [1.807, 2.05) is 30.3 Å². The van der Waals surface area contributed by atoms with Crippen molar-refractivity contribution in [2.75, 3.05) is 26.2 Å². The van der Waals surface area contributed by atoms with E-state index in [1.54, 1.807) is 0 Å². The van der Waals surface area contributed by atoms with Gasteiger partial charge in [-0.25, -0.2) is 5.48 Å². The Kier molecular flexibility index (Phi) is 5.82. The quantitative estimate of drug-likeness (QED) is 0.833. The molecule has 6 nitrogen and oxygen atoms in total. The number of benzene rings is 1. The fraction of sp³-hybridized carbons (Fsp3) is 0.556. The highest BCUT2D eigenvalue weighted by molar-refractivity contribution is 5.98. The Labute approximate surface area is 142 Å². The number of ether oxygens (including phenoxy) is 1. The van der Waals surface area contributed by atoms with Crippen molar-refractivity contribution in [1.82, 2.24) is 10.4 Å². The Bertz CT molecular complexity index is 576. The fourth-order valence-electron chi connectivity index (χ4n) is 3.14. The molecule has 130 valence electrons. The molecule has 0 saturated carbocycles. The number of hydrogen-bond acceptors (Lipinski definition) is 6. The summed E-state index contributed by atoms with van der Waals surface area (Å²) in [5.41, 5.74) is 3.84. The second-order valence-electron chi connectivity index (χ2n) is 6.17. The van der Waals surface area contributed by atoms with Crippen LogP contribution >= 0.6 is 0 Å². The molecule has 0 aromatic heterocycles. The summed E-state index contributed by atoms with van der Waals surface area (Å²) >= 11 is 0. The van der Waals surface area contributed by atoms with Crippen molar-refractivity contribution in [3.05, 3.63) is 35.9 Å². The van der Waals surface area contributed by atoms with E-state index in [4.69, 9.17) is 9.57 Å². The summed E-state index contributed by atoms with van der Waals surface area (Å²) in [4.78, 5) is 24.6. The molecule has 0 bridgehead atoms. The van der Waals surface area contributed by atoms with E-state index in [-0.39, 0.29) is 24.7 Å². The summed E-state index contributed by atoms with van der Waals surface area (Å²) in [5.74, 6) is 0.570. The predicted octanol–water partition coefficient (Wildman–Crippen LogP) is 1.75. The highest BCUT2D eigenvalue weighted by atomic mass is 16.7. The minimum atomic E-state index is -0.250. The Morgan fingerprint density at radius 2 is 2.21 bits per heavy atom. The summed E-state index contributed by atoms with van der Waals surface area (Å²) < 4.78 is 5.48. The molecule has 6 heteroatoms. The van der Waals surface area contributed by atoms with Gasteiger partial charge in [-0.15, -0.1) is 0 Å². The summed E-state index contributed by atoms with van der Waals surface area (Å²) in [6.45, 7) is 4.65. The molecule has 3 rings (SSSR count). The van der Waals surface area contributed by atoms with Gasteiger partial charge in [-0.3, -0.25) is 19.5 Å². The van der Waals surface area contributed by atoms with Gasteiger partial charge in [-0.1, -0.05) is 43.7 Å². The van der Waals surface area contributed by atoms with Crippen LogP contribution in [0.5, 0.6) is 0 Å². The van der Waals surface area contributed by atoms with Crippen molar-refractivity contribution < 1.29 is 14.4 Å². The number of likely N-dealkylation sites (tertiary alicyclic amines) is 1. The molecular weight excluding hydrogens is 306 g/mol. The average molecular weight is 331 g/mol. The zero-order valence-corrected chi connectivity index (χ0v) is 14.1. The molecule has 1 aromatic carbocycles. The highest BCUT2D eigenvalue weighted by Crippen LogP contribution is 2.18. The maximum atomic E-state index is 12.3. The lowest BCUT2D eigenvalue weighted by Crippen LogP contribution is -2.46. The van der Waals surface area contributed by atoms with E-state index in [0.717, 1.165) is 37.9 Å². The number of aliphatic imine (C=N–C) groups is 1. The normalized spacial score (nSPS) is 24.8. The number of nitrogens with zero attached hydrogens (tertiary/aromatic N) is 2. The van der Waals surface area contributed by atoms with Crippen LogP contribution in [0.2, 0.25) is 0 Å². The molecule has 0 amide bonds. The molecule has 2 aliphatic rings. The molecule has 2 aliphatic heterocycles. The van der Waals surface area contributed by atoms with E-state index in [2.05, 4.69) is 22.3 Å². The number of esters is 1. The molecular formula is C18H25N3O3. The molecule has 2 atom stereocenters. The summed E-state index contributed by atoms with van der Waals surface area (Å²) in [7, 11) is 0. The summed E-state index contributed by atoms with van der Waals surface area (Å²) in [6.07, 6.45) is 2.87. The van der Waals surface area contributed by atoms with Gasteiger partial charge in [-0.05, 0) is 25.9 Å². The van der Waals surface area contributed by atoms with E-state index in [0.29, 0.717) is 12.4 Å². The van der Waals surface area contributed by atoms with Crippen molar-refractivity contribution in [3.8, 4) is 0 Å². The lowest BCUT2D eigenvalue weighted by atomic mass is 10.0. The summed E-state index contributed by atoms with van der Waals surface area (Å²) in [5, 5.41) is 0. The molecule has 1 fully saturated rings. The van der Waals surface area contributed by atoms with Crippen molar-refractivity contribution in [2.45, 2.75) is 38.3 Å². The SMILES string of the molecule is CCN1CCCCC1C(=O)OCC1CN=C(c2ccccc2)NO1. The maximum absolute atomic E-state index is 12.3. The Balaban J connectivity index is 1.48. The Morgan fingerprint density at radius 1 is 1.38 bits per heavy atom. The number of likely N-dealkylation sites (N-methyl/N-ethyl adjacent to an activating group) is 1. The number of piperidine rings is 1. The smallest absolute Gasteiger partial charge is 0.323 e. The maximum Gasteiger partial charge on any atom is 0.323 e. The van der Waals surface area contributed by atoms with Gasteiger partial charge in [-0.2, -0.15) is 0 Å². The molecule has 1 N–H and O–H groups in total. The molecule has 1 saturated heterocycles. The molecule has 2 unspecified atom stereocenters. The first kappa shape index (κ1) is 16.9. The third kappa shape index (κ3) is 4.13. The largest absolute Gasteiger partial charge is 0.462 e. The van der Waals surface area contributed by atoms with Gasteiger partial charge in [0.05, 0.1) is 6.54 Å². The van der Waals surface area contributed by atoms with Crippen LogP contribution in [0.25, 0.3) is 0 Å². The second-order valence-corrected chi connectivity index (χ2v) is 6.17. The van der Waals surface area contributed by atoms with E-state index < -0.39 is 0 Å². The Hall–Kier alpha value is -1.92. The van der Waals surface area contributed by atoms with Crippen molar-refractivity contribution >= 4 is 11.8 Å². The number of carbonyl (C=O) groups excluding carboxylic acids is 1. The van der Waals surface area contributed by atoms with Crippen molar-refractivity contribution in [3.63, 3.8) is 0 Å². The van der Waals surface area contributed by atoms with Crippen LogP contribution in [0.4, 0.5) is 0 Å². The summed E-state index contributed by atoms with van der Waals surface area (Å²) in [6, 6.07) is 9.70. The van der Waals surface area contributed by atoms with Gasteiger partial charge in [0.2, 0.25) is 0 Å². The van der Waals surface area contributed by atoms with Crippen LogP contribution in [-0.4, -0.2) is 55.1 Å². The number of carbonyl (C=O) groups is 1. The standard InChI is InChI=1S/C18H25N3O3/c1-2-21-11-7-6-10-16(21)18(22)23-13-15-12-19-17(20-24-15)14-8-4-3-5-9-14/h3-5,8-9,15-16H,2,6-7,10-13H2,1H3,(H,19,20). The fourth-order valence-corrected chi connectivity index (χ4v) is 3.14. The predicted molar refractivity (Wildman–Crippen MR) is 91.7 cm³/mol. The van der Waals surface area contributed by atoms with Crippen LogP contribution in [0, 0.1) is 0 Å². The average Bonchev–Trinajstić information content (AvgIpc) is 2.67. The van der Waals surface area contributed by atoms with E-state index >= 15 is 0 Å². The van der Waals surface area contributed by atoms with Crippen molar-refractivity contribution in [2.24, 2.45) is 4.99 Å². The molecule has 0 radical (unpaired) electrons. The molecule has 2 heterocycles. The Morgan fingerprint density at radius 3 is 2.92 bits per heavy atom. The zero-order chi connectivity index (χ0) is 16.8. The van der Waals surface area contributed by atoms with Gasteiger partial charge < -0.3 is 4.74 Å². The first-order valence-electron chi connectivity index (χ1n) is 8.70. The molecule has 0 spiro atoms. The van der Waals surface area contributed by atoms with Gasteiger partial charge in [0.25, 0.3) is 0 Å². The number of hydroxylamine groups is 1. The lowest BCUT2D eigenvalue weighted by molar-refractivity contribution is -0.156. The van der Waals surface area contributed by atoms with Crippen LogP contribution in [0.3, 0.4) is 0 Å². The van der Waals surface area contributed by atoms with Gasteiger partial charge >= 0.3 is 5.97 Å². The first-order valence-corrected chi connectivity index (χ1v) is 8.70. The van der Waals surface area contributed by atoms with Gasteiger partial charge in [0.15, 0.2) is 5.84 Å². The van der Waals surface area contributed by atoms with Crippen LogP contribution in [0.1, 0.15) is 31.7 Å². The highest BCUT2D eigenvalue weighted by Gasteiger charge is 2.29. The number of nitrogens with one attached hydrogen (secondary N) is 1. The second kappa shape index (κ2) is 8.26. The van der Waals surface area contributed by atoms with Gasteiger partial charge in [0, 0.05) is 5.56 Å².